The summed E-state index contributed by atoms with van der Waals surface area (Å²) in [5.74, 6) is 0. The van der Waals surface area contributed by atoms with Crippen LogP contribution in [0.25, 0.3) is 0 Å². The van der Waals surface area contributed by atoms with E-state index in [-0.39, 0.29) is 18.8 Å². The van der Waals surface area contributed by atoms with Crippen molar-refractivity contribution < 1.29 is 9.31 Å². The molecule has 0 aliphatic rings. The fourth-order valence-corrected chi connectivity index (χ4v) is 1.16. The molecule has 0 spiro atoms. The van der Waals surface area contributed by atoms with Crippen molar-refractivity contribution in [2.75, 3.05) is 7.05 Å². The lowest BCUT2D eigenvalue weighted by molar-refractivity contribution is 0.0740. The molecule has 0 unspecified atom stereocenters. The largest absolute Gasteiger partial charge is 0.495 e. The highest BCUT2D eigenvalue weighted by Gasteiger charge is 2.29. The summed E-state index contributed by atoms with van der Waals surface area (Å²) in [6, 6.07) is 0. The molecule has 0 aliphatic carbocycles. The SMILES string of the molecule is C/C=C(\C=NC)B(OC(C)C)OC(C)(C)C. The second-order valence-electron chi connectivity index (χ2n) is 4.92. The van der Waals surface area contributed by atoms with E-state index in [4.69, 9.17) is 9.31 Å². The van der Waals surface area contributed by atoms with E-state index in [0.29, 0.717) is 0 Å². The molecular formula is C12H24BNO2. The quantitative estimate of drug-likeness (QED) is 0.532. The molecule has 0 fully saturated rings. The number of hydrogen-bond acceptors (Lipinski definition) is 3. The minimum atomic E-state index is -0.353. The number of allylic oxidation sites excluding steroid dienone is 2. The van der Waals surface area contributed by atoms with E-state index in [9.17, 15) is 0 Å². The van der Waals surface area contributed by atoms with Gasteiger partial charge in [-0.15, -0.1) is 0 Å². The summed E-state index contributed by atoms with van der Waals surface area (Å²) in [5.41, 5.74) is 0.709. The van der Waals surface area contributed by atoms with Gasteiger partial charge in [0.05, 0.1) is 0 Å². The van der Waals surface area contributed by atoms with Gasteiger partial charge in [0, 0.05) is 25.0 Å². The minimum Gasteiger partial charge on any atom is -0.405 e. The summed E-state index contributed by atoms with van der Waals surface area (Å²) in [7, 11) is 1.39. The fourth-order valence-electron chi connectivity index (χ4n) is 1.16. The van der Waals surface area contributed by atoms with Gasteiger partial charge in [-0.1, -0.05) is 6.08 Å². The van der Waals surface area contributed by atoms with Gasteiger partial charge in [-0.2, -0.15) is 0 Å². The van der Waals surface area contributed by atoms with Crippen LogP contribution in [-0.2, 0) is 9.31 Å². The standard InChI is InChI=1S/C12H24BNO2/c1-8-11(9-14-7)13(15-10(2)3)16-12(4,5)6/h8-10H,1-7H3/b11-8+,14-9?. The second-order valence-corrected chi connectivity index (χ2v) is 4.92. The first kappa shape index (κ1) is 15.4. The highest BCUT2D eigenvalue weighted by Crippen LogP contribution is 2.15. The van der Waals surface area contributed by atoms with E-state index in [1.165, 1.54) is 0 Å². The van der Waals surface area contributed by atoms with Crippen molar-refractivity contribution in [2.45, 2.75) is 53.2 Å². The Morgan fingerprint density at radius 1 is 1.31 bits per heavy atom. The third-order valence-electron chi connectivity index (χ3n) is 1.74. The topological polar surface area (TPSA) is 30.8 Å². The molecule has 92 valence electrons. The van der Waals surface area contributed by atoms with Crippen molar-refractivity contribution in [3.05, 3.63) is 11.5 Å². The predicted octanol–water partition coefficient (Wildman–Crippen LogP) is 2.90. The Balaban J connectivity index is 4.78. The van der Waals surface area contributed by atoms with Gasteiger partial charge in [0.2, 0.25) is 0 Å². The van der Waals surface area contributed by atoms with Crippen LogP contribution in [0.2, 0.25) is 0 Å². The lowest BCUT2D eigenvalue weighted by atomic mass is 9.77. The zero-order chi connectivity index (χ0) is 12.8. The van der Waals surface area contributed by atoms with E-state index in [1.54, 1.807) is 13.3 Å². The maximum Gasteiger partial charge on any atom is 0.495 e. The highest BCUT2D eigenvalue weighted by atomic mass is 16.6. The monoisotopic (exact) mass is 225 g/mol. The van der Waals surface area contributed by atoms with E-state index in [2.05, 4.69) is 4.99 Å². The molecule has 0 saturated heterocycles. The maximum absolute atomic E-state index is 5.87. The van der Waals surface area contributed by atoms with Gasteiger partial charge in [0.25, 0.3) is 0 Å². The number of aliphatic imine (C=N–C) groups is 1. The molecule has 0 aromatic carbocycles. The van der Waals surface area contributed by atoms with Crippen LogP contribution >= 0.6 is 0 Å². The lowest BCUT2D eigenvalue weighted by Crippen LogP contribution is -2.37. The number of rotatable bonds is 5. The molecule has 0 rings (SSSR count). The van der Waals surface area contributed by atoms with Crippen molar-refractivity contribution in [3.8, 4) is 0 Å². The van der Waals surface area contributed by atoms with E-state index < -0.39 is 0 Å². The molecule has 16 heavy (non-hydrogen) atoms. The van der Waals surface area contributed by atoms with Gasteiger partial charge < -0.3 is 9.31 Å². The Bertz CT molecular complexity index is 254. The molecule has 0 aliphatic heterocycles. The molecule has 0 heterocycles. The van der Waals surface area contributed by atoms with Crippen molar-refractivity contribution in [1.29, 1.82) is 0 Å². The molecule has 3 nitrogen and oxygen atoms in total. The number of nitrogens with zero attached hydrogens (tertiary/aromatic N) is 1. The molecule has 0 saturated carbocycles. The first-order valence-corrected chi connectivity index (χ1v) is 5.71. The van der Waals surface area contributed by atoms with Gasteiger partial charge in [0.15, 0.2) is 0 Å². The molecule has 0 aromatic rings. The normalized spacial score (nSPS) is 13.9. The first-order valence-electron chi connectivity index (χ1n) is 5.71. The third kappa shape index (κ3) is 6.80. The minimum absolute atomic E-state index is 0.118. The fraction of sp³-hybridized carbons (Fsp3) is 0.750. The Morgan fingerprint density at radius 2 is 1.88 bits per heavy atom. The molecule has 0 atom stereocenters. The molecular weight excluding hydrogens is 201 g/mol. The summed E-state index contributed by atoms with van der Waals surface area (Å²) in [6.45, 7) is 12.0. The predicted molar refractivity (Wildman–Crippen MR) is 71.0 cm³/mol. The molecule has 0 N–H and O–H groups in total. The first-order chi connectivity index (χ1) is 7.30. The second kappa shape index (κ2) is 6.87. The van der Waals surface area contributed by atoms with Gasteiger partial charge in [-0.05, 0) is 47.0 Å². The van der Waals surface area contributed by atoms with Crippen molar-refractivity contribution in [1.82, 2.24) is 0 Å². The van der Waals surface area contributed by atoms with E-state index in [0.717, 1.165) is 5.47 Å². The van der Waals surface area contributed by atoms with Crippen LogP contribution in [0.4, 0.5) is 0 Å². The Hall–Kier alpha value is -0.605. The molecule has 0 bridgehead atoms. The van der Waals surface area contributed by atoms with E-state index >= 15 is 0 Å². The van der Waals surface area contributed by atoms with Crippen LogP contribution in [0.3, 0.4) is 0 Å². The van der Waals surface area contributed by atoms with Crippen molar-refractivity contribution in [2.24, 2.45) is 4.99 Å². The average molecular weight is 225 g/mol. The maximum atomic E-state index is 5.87. The van der Waals surface area contributed by atoms with Crippen molar-refractivity contribution >= 4 is 13.3 Å². The number of hydrogen-bond donors (Lipinski definition) is 0. The van der Waals surface area contributed by atoms with E-state index in [1.807, 2.05) is 47.6 Å². The van der Waals surface area contributed by atoms with Gasteiger partial charge in [-0.3, -0.25) is 4.99 Å². The Kier molecular flexibility index (Phi) is 6.61. The summed E-state index contributed by atoms with van der Waals surface area (Å²) in [4.78, 5) is 4.01. The highest BCUT2D eigenvalue weighted by molar-refractivity contribution is 6.59. The van der Waals surface area contributed by atoms with Crippen LogP contribution in [0.5, 0.6) is 0 Å². The molecule has 0 radical (unpaired) electrons. The van der Waals surface area contributed by atoms with Crippen LogP contribution in [0, 0.1) is 0 Å². The summed E-state index contributed by atoms with van der Waals surface area (Å²) in [6.07, 6.45) is 3.86. The Morgan fingerprint density at radius 3 is 2.19 bits per heavy atom. The molecule has 0 amide bonds. The Labute approximate surface area is 100 Å². The molecule has 0 aromatic heterocycles. The van der Waals surface area contributed by atoms with Gasteiger partial charge in [-0.25, -0.2) is 0 Å². The van der Waals surface area contributed by atoms with Crippen LogP contribution in [0.15, 0.2) is 16.5 Å². The third-order valence-corrected chi connectivity index (χ3v) is 1.74. The smallest absolute Gasteiger partial charge is 0.405 e. The summed E-state index contributed by atoms with van der Waals surface area (Å²) < 4.78 is 11.6. The van der Waals surface area contributed by atoms with Crippen LogP contribution in [0.1, 0.15) is 41.5 Å². The van der Waals surface area contributed by atoms with Crippen molar-refractivity contribution in [3.63, 3.8) is 0 Å². The molecule has 4 heteroatoms. The summed E-state index contributed by atoms with van der Waals surface area (Å²) in [5, 5.41) is 0. The summed E-state index contributed by atoms with van der Waals surface area (Å²) >= 11 is 0. The average Bonchev–Trinajstić information content (AvgIpc) is 2.09. The zero-order valence-corrected chi connectivity index (χ0v) is 11.6. The van der Waals surface area contributed by atoms with Crippen LogP contribution in [-0.4, -0.2) is 32.1 Å². The van der Waals surface area contributed by atoms with Gasteiger partial charge in [0.1, 0.15) is 0 Å². The lowest BCUT2D eigenvalue weighted by Gasteiger charge is -2.26. The van der Waals surface area contributed by atoms with Crippen LogP contribution < -0.4 is 0 Å². The van der Waals surface area contributed by atoms with Gasteiger partial charge >= 0.3 is 7.12 Å². The zero-order valence-electron chi connectivity index (χ0n) is 11.6.